The Morgan fingerprint density at radius 3 is 2.48 bits per heavy atom. The molecule has 3 aromatic rings. The lowest BCUT2D eigenvalue weighted by atomic mass is 10.0. The van der Waals surface area contributed by atoms with Gasteiger partial charge < -0.3 is 4.74 Å². The molecule has 0 radical (unpaired) electrons. The highest BCUT2D eigenvalue weighted by molar-refractivity contribution is 14.1. The van der Waals surface area contributed by atoms with Gasteiger partial charge in [-0.2, -0.15) is 10.5 Å². The van der Waals surface area contributed by atoms with E-state index in [0.29, 0.717) is 27.5 Å². The number of rotatable bonds is 5. The van der Waals surface area contributed by atoms with E-state index in [1.807, 2.05) is 48.5 Å². The highest BCUT2D eigenvalue weighted by Crippen LogP contribution is 2.33. The van der Waals surface area contributed by atoms with E-state index >= 15 is 0 Å². The minimum Gasteiger partial charge on any atom is -0.487 e. The van der Waals surface area contributed by atoms with Crippen LogP contribution < -0.4 is 4.74 Å². The maximum Gasteiger partial charge on any atom is 0.140 e. The van der Waals surface area contributed by atoms with Gasteiger partial charge in [-0.1, -0.05) is 48.0 Å². The van der Waals surface area contributed by atoms with Gasteiger partial charge in [0.15, 0.2) is 0 Å². The normalized spacial score (nSPS) is 10.9. The third-order valence-corrected chi connectivity index (χ3v) is 5.88. The predicted molar refractivity (Wildman–Crippen MR) is 132 cm³/mol. The molecule has 3 nitrogen and oxygen atoms in total. The van der Waals surface area contributed by atoms with Gasteiger partial charge in [0, 0.05) is 25.3 Å². The quantitative estimate of drug-likeness (QED) is 0.174. The Kier molecular flexibility index (Phi) is 7.54. The summed E-state index contributed by atoms with van der Waals surface area (Å²) in [6, 6.07) is 23.0. The van der Waals surface area contributed by atoms with Crippen LogP contribution in [-0.4, -0.2) is 0 Å². The number of hydrogen-bond acceptors (Lipinski definition) is 3. The van der Waals surface area contributed by atoms with Crippen molar-refractivity contribution in [3.05, 3.63) is 95.1 Å². The van der Waals surface area contributed by atoms with E-state index < -0.39 is 0 Å². The molecular formula is C23H13ClI2N2O. The molecule has 142 valence electrons. The summed E-state index contributed by atoms with van der Waals surface area (Å²) in [6.07, 6.45) is 1.79. The minimum atomic E-state index is 0.259. The molecule has 0 aliphatic heterocycles. The third-order valence-electron chi connectivity index (χ3n) is 4.13. The van der Waals surface area contributed by atoms with Gasteiger partial charge >= 0.3 is 0 Å². The topological polar surface area (TPSA) is 56.8 Å². The fourth-order valence-electron chi connectivity index (χ4n) is 2.75. The van der Waals surface area contributed by atoms with Gasteiger partial charge in [0.1, 0.15) is 12.4 Å². The number of halogens is 3. The average molecular weight is 623 g/mol. The van der Waals surface area contributed by atoms with Crippen LogP contribution in [0.5, 0.6) is 5.75 Å². The Balaban J connectivity index is 2.03. The molecule has 0 aromatic heterocycles. The number of ether oxygens (including phenoxy) is 1. The molecule has 0 heterocycles. The molecule has 0 unspecified atom stereocenters. The number of allylic oxidation sites excluding steroid dienone is 1. The van der Waals surface area contributed by atoms with Crippen molar-refractivity contribution in [3.8, 4) is 17.9 Å². The Morgan fingerprint density at radius 1 is 1.03 bits per heavy atom. The smallest absolute Gasteiger partial charge is 0.140 e. The summed E-state index contributed by atoms with van der Waals surface area (Å²) in [5.41, 5.74) is 3.30. The number of benzene rings is 3. The minimum absolute atomic E-state index is 0.259. The first kappa shape index (κ1) is 21.6. The molecule has 6 heteroatoms. The second-order valence-corrected chi connectivity index (χ2v) is 8.83. The summed E-state index contributed by atoms with van der Waals surface area (Å²) in [7, 11) is 0. The van der Waals surface area contributed by atoms with E-state index in [1.165, 1.54) is 0 Å². The lowest BCUT2D eigenvalue weighted by Crippen LogP contribution is -2.01. The Labute approximate surface area is 201 Å². The molecule has 29 heavy (non-hydrogen) atoms. The van der Waals surface area contributed by atoms with E-state index in [9.17, 15) is 10.5 Å². The van der Waals surface area contributed by atoms with Crippen molar-refractivity contribution in [2.45, 2.75) is 6.61 Å². The number of nitriles is 2. The van der Waals surface area contributed by atoms with Crippen molar-refractivity contribution in [2.75, 3.05) is 0 Å². The first-order valence-electron chi connectivity index (χ1n) is 8.50. The van der Waals surface area contributed by atoms with E-state index in [2.05, 4.69) is 57.3 Å². The third kappa shape index (κ3) is 5.30. The van der Waals surface area contributed by atoms with Gasteiger partial charge in [-0.15, -0.1) is 0 Å². The maximum atomic E-state index is 9.71. The molecule has 0 saturated heterocycles. The summed E-state index contributed by atoms with van der Waals surface area (Å²) in [6.45, 7) is 0.259. The molecule has 0 spiro atoms. The second-order valence-electron chi connectivity index (χ2n) is 6.01. The molecule has 0 saturated carbocycles. The van der Waals surface area contributed by atoms with Gasteiger partial charge in [0.05, 0.1) is 26.8 Å². The Bertz CT molecular complexity index is 1180. The molecule has 0 N–H and O–H groups in total. The summed E-state index contributed by atoms with van der Waals surface area (Å²) < 4.78 is 8.06. The van der Waals surface area contributed by atoms with Crippen molar-refractivity contribution in [1.82, 2.24) is 0 Å². The van der Waals surface area contributed by atoms with Crippen LogP contribution >= 0.6 is 56.8 Å². The first-order valence-corrected chi connectivity index (χ1v) is 11.0. The van der Waals surface area contributed by atoms with Crippen LogP contribution in [-0.2, 0) is 6.61 Å². The molecular weight excluding hydrogens is 610 g/mol. The second kappa shape index (κ2) is 10.1. The Morgan fingerprint density at radius 2 is 1.76 bits per heavy atom. The molecule has 3 aromatic carbocycles. The molecule has 3 rings (SSSR count). The van der Waals surface area contributed by atoms with Crippen LogP contribution in [0.15, 0.2) is 60.7 Å². The summed E-state index contributed by atoms with van der Waals surface area (Å²) >= 11 is 10.7. The van der Waals surface area contributed by atoms with Crippen LogP contribution in [0.4, 0.5) is 0 Å². The standard InChI is InChI=1S/C23H13ClI2N2O/c24-21-8-4-3-7-20(21)18(13-28)9-17-10-19(25)11-22(26)23(17)29-14-16-6-2-1-5-15(16)12-27/h1-11H,14H2. The monoisotopic (exact) mass is 622 g/mol. The average Bonchev–Trinajstić information content (AvgIpc) is 2.72. The van der Waals surface area contributed by atoms with Crippen LogP contribution in [0.25, 0.3) is 11.6 Å². The SMILES string of the molecule is N#CC(=Cc1cc(I)cc(I)c1OCc1ccccc1C#N)c1ccccc1Cl. The maximum absolute atomic E-state index is 9.71. The molecule has 0 amide bonds. The van der Waals surface area contributed by atoms with Crippen LogP contribution in [0, 0.1) is 29.8 Å². The fourth-order valence-corrected chi connectivity index (χ4v) is 5.03. The van der Waals surface area contributed by atoms with Gasteiger partial charge in [0.2, 0.25) is 0 Å². The Hall–Kier alpha value is -2.07. The zero-order valence-electron chi connectivity index (χ0n) is 15.0. The summed E-state index contributed by atoms with van der Waals surface area (Å²) in [5.74, 6) is 0.665. The fraction of sp³-hybridized carbons (Fsp3) is 0.0435. The van der Waals surface area contributed by atoms with Crippen molar-refractivity contribution in [2.24, 2.45) is 0 Å². The van der Waals surface area contributed by atoms with Crippen LogP contribution in [0.2, 0.25) is 5.02 Å². The van der Waals surface area contributed by atoms with Gasteiger partial charge in [-0.3, -0.25) is 0 Å². The van der Waals surface area contributed by atoms with E-state index in [4.69, 9.17) is 16.3 Å². The predicted octanol–water partition coefficient (Wildman–Crippen LogP) is 7.06. The molecule has 0 atom stereocenters. The lowest BCUT2D eigenvalue weighted by molar-refractivity contribution is 0.303. The first-order chi connectivity index (χ1) is 14.0. The molecule has 0 fully saturated rings. The van der Waals surface area contributed by atoms with E-state index in [0.717, 1.165) is 18.3 Å². The highest BCUT2D eigenvalue weighted by atomic mass is 127. The summed E-state index contributed by atoms with van der Waals surface area (Å²) in [5, 5.41) is 19.5. The van der Waals surface area contributed by atoms with E-state index in [1.54, 1.807) is 18.2 Å². The zero-order valence-corrected chi connectivity index (χ0v) is 20.1. The van der Waals surface area contributed by atoms with Crippen molar-refractivity contribution in [3.63, 3.8) is 0 Å². The lowest BCUT2D eigenvalue weighted by Gasteiger charge is -2.14. The van der Waals surface area contributed by atoms with E-state index in [-0.39, 0.29) is 6.61 Å². The van der Waals surface area contributed by atoms with Gasteiger partial charge in [-0.25, -0.2) is 0 Å². The summed E-state index contributed by atoms with van der Waals surface area (Å²) in [4.78, 5) is 0. The highest BCUT2D eigenvalue weighted by Gasteiger charge is 2.13. The molecule has 0 aliphatic carbocycles. The largest absolute Gasteiger partial charge is 0.487 e. The number of nitrogens with zero attached hydrogens (tertiary/aromatic N) is 2. The molecule has 0 aliphatic rings. The van der Waals surface area contributed by atoms with Gasteiger partial charge in [0.25, 0.3) is 0 Å². The van der Waals surface area contributed by atoms with Crippen molar-refractivity contribution >= 4 is 68.4 Å². The van der Waals surface area contributed by atoms with Crippen LogP contribution in [0.1, 0.15) is 22.3 Å². The van der Waals surface area contributed by atoms with Crippen LogP contribution in [0.3, 0.4) is 0 Å². The van der Waals surface area contributed by atoms with Gasteiger partial charge in [-0.05, 0) is 75.5 Å². The molecule has 0 bridgehead atoms. The van der Waals surface area contributed by atoms with Crippen molar-refractivity contribution < 1.29 is 4.74 Å². The van der Waals surface area contributed by atoms with Crippen molar-refractivity contribution in [1.29, 1.82) is 10.5 Å². The number of hydrogen-bond donors (Lipinski definition) is 0. The zero-order chi connectivity index (χ0) is 20.8.